The highest BCUT2D eigenvalue weighted by molar-refractivity contribution is 5.49. The van der Waals surface area contributed by atoms with Crippen LogP contribution < -0.4 is 24.0 Å². The largest absolute Gasteiger partial charge is 0.497 e. The summed E-state index contributed by atoms with van der Waals surface area (Å²) in [7, 11) is 7.39. The summed E-state index contributed by atoms with van der Waals surface area (Å²) in [6.07, 6.45) is 1.88. The highest BCUT2D eigenvalue weighted by Crippen LogP contribution is 2.23. The fourth-order valence-electron chi connectivity index (χ4n) is 4.15. The van der Waals surface area contributed by atoms with Crippen LogP contribution in [0.3, 0.4) is 0 Å². The van der Waals surface area contributed by atoms with Gasteiger partial charge in [-0.05, 0) is 59.2 Å². The van der Waals surface area contributed by atoms with E-state index in [-0.39, 0.29) is 0 Å². The second kappa shape index (κ2) is 14.1. The molecule has 0 saturated heterocycles. The Hall–Kier alpha value is -4.23. The third-order valence-corrected chi connectivity index (χ3v) is 6.25. The molecule has 0 radical (unpaired) electrons. The van der Waals surface area contributed by atoms with Gasteiger partial charge in [0.25, 0.3) is 0 Å². The average Bonchev–Trinajstić information content (AvgIpc) is 2.97. The summed E-state index contributed by atoms with van der Waals surface area (Å²) in [5.41, 5.74) is 4.40. The summed E-state index contributed by atoms with van der Waals surface area (Å²) in [6.45, 7) is 2.82. The Kier molecular flexibility index (Phi) is 10.0. The Balaban J connectivity index is 1.36. The van der Waals surface area contributed by atoms with Gasteiger partial charge in [-0.2, -0.15) is 0 Å². The van der Waals surface area contributed by atoms with Crippen molar-refractivity contribution < 1.29 is 18.9 Å². The second-order valence-electron chi connectivity index (χ2n) is 9.38. The van der Waals surface area contributed by atoms with Gasteiger partial charge < -0.3 is 28.7 Å². The van der Waals surface area contributed by atoms with Crippen molar-refractivity contribution in [3.63, 3.8) is 0 Å². The fourth-order valence-corrected chi connectivity index (χ4v) is 4.15. The van der Waals surface area contributed by atoms with E-state index in [2.05, 4.69) is 46.2 Å². The zero-order valence-electron chi connectivity index (χ0n) is 23.2. The molecule has 7 nitrogen and oxygen atoms in total. The van der Waals surface area contributed by atoms with Crippen LogP contribution >= 0.6 is 0 Å². The average molecular weight is 528 g/mol. The summed E-state index contributed by atoms with van der Waals surface area (Å²) in [5.74, 6) is 3.39. The molecule has 0 saturated carbocycles. The zero-order valence-corrected chi connectivity index (χ0v) is 23.2. The minimum Gasteiger partial charge on any atom is -0.497 e. The third kappa shape index (κ3) is 8.38. The van der Waals surface area contributed by atoms with E-state index in [1.165, 1.54) is 0 Å². The number of ether oxygens (including phenoxy) is 4. The molecular weight excluding hydrogens is 490 g/mol. The van der Waals surface area contributed by atoms with Crippen LogP contribution in [0.5, 0.6) is 17.2 Å². The van der Waals surface area contributed by atoms with Gasteiger partial charge >= 0.3 is 0 Å². The molecule has 4 aromatic rings. The van der Waals surface area contributed by atoms with Crippen LogP contribution in [0.25, 0.3) is 0 Å². The van der Waals surface area contributed by atoms with Crippen molar-refractivity contribution in [1.29, 1.82) is 0 Å². The summed E-state index contributed by atoms with van der Waals surface area (Å²) in [5, 5.41) is 0. The molecule has 0 aliphatic carbocycles. The summed E-state index contributed by atoms with van der Waals surface area (Å²) >= 11 is 0. The number of pyridine rings is 1. The zero-order chi connectivity index (χ0) is 27.5. The van der Waals surface area contributed by atoms with Crippen molar-refractivity contribution in [2.45, 2.75) is 19.7 Å². The van der Waals surface area contributed by atoms with Crippen molar-refractivity contribution >= 4 is 11.5 Å². The van der Waals surface area contributed by atoms with E-state index >= 15 is 0 Å². The molecule has 0 N–H and O–H groups in total. The first-order valence-electron chi connectivity index (χ1n) is 13.0. The molecule has 0 atom stereocenters. The van der Waals surface area contributed by atoms with Crippen molar-refractivity contribution in [3.05, 3.63) is 108 Å². The lowest BCUT2D eigenvalue weighted by atomic mass is 10.1. The Bertz CT molecular complexity index is 1260. The van der Waals surface area contributed by atoms with Gasteiger partial charge in [-0.3, -0.25) is 0 Å². The minimum absolute atomic E-state index is 0.472. The van der Waals surface area contributed by atoms with E-state index in [9.17, 15) is 0 Å². The topological polar surface area (TPSA) is 56.3 Å². The maximum atomic E-state index is 5.85. The lowest BCUT2D eigenvalue weighted by Crippen LogP contribution is -2.23. The molecule has 0 bridgehead atoms. The normalized spacial score (nSPS) is 10.7. The van der Waals surface area contributed by atoms with Gasteiger partial charge in [-0.1, -0.05) is 36.4 Å². The number of methoxy groups -OCH3 is 2. The predicted molar refractivity (Wildman–Crippen MR) is 156 cm³/mol. The predicted octanol–water partition coefficient (Wildman–Crippen LogP) is 5.97. The van der Waals surface area contributed by atoms with Crippen molar-refractivity contribution in [3.8, 4) is 17.2 Å². The molecule has 0 aliphatic rings. The van der Waals surface area contributed by atoms with Gasteiger partial charge in [-0.15, -0.1) is 0 Å². The first kappa shape index (κ1) is 27.8. The van der Waals surface area contributed by atoms with E-state index < -0.39 is 0 Å². The first-order valence-corrected chi connectivity index (χ1v) is 13.0. The van der Waals surface area contributed by atoms with Crippen molar-refractivity contribution in [1.82, 2.24) is 4.98 Å². The van der Waals surface area contributed by atoms with Crippen LogP contribution in [0, 0.1) is 0 Å². The molecule has 0 aliphatic heterocycles. The van der Waals surface area contributed by atoms with Gasteiger partial charge in [0.1, 0.15) is 29.7 Å². The fraction of sp³-hybridized carbons (Fsp3) is 0.281. The standard InChI is InChI=1S/C32H37N3O4/c1-34(2)28-10-7-13-31(20-28)39-17-16-38-24-27-14-15-32(33-21-27)35(22-25-8-5-11-29(18-25)36-3)23-26-9-6-12-30(19-26)37-4/h5-15,18-21H,16-17,22-24H2,1-4H3. The van der Waals surface area contributed by atoms with Crippen LogP contribution in [0.2, 0.25) is 0 Å². The van der Waals surface area contributed by atoms with Gasteiger partial charge in [0.05, 0.1) is 27.4 Å². The van der Waals surface area contributed by atoms with Crippen molar-refractivity contribution in [2.75, 3.05) is 51.3 Å². The molecule has 39 heavy (non-hydrogen) atoms. The van der Waals surface area contributed by atoms with Crippen LogP contribution in [0.1, 0.15) is 16.7 Å². The molecule has 1 aromatic heterocycles. The van der Waals surface area contributed by atoms with Crippen LogP contribution in [-0.4, -0.2) is 46.5 Å². The van der Waals surface area contributed by atoms with Crippen LogP contribution in [0.15, 0.2) is 91.1 Å². The van der Waals surface area contributed by atoms with E-state index in [0.717, 1.165) is 45.4 Å². The quantitative estimate of drug-likeness (QED) is 0.187. The molecular formula is C32H37N3O4. The number of hydrogen-bond donors (Lipinski definition) is 0. The van der Waals surface area contributed by atoms with Gasteiger partial charge in [0.15, 0.2) is 0 Å². The summed E-state index contributed by atoms with van der Waals surface area (Å²) in [4.78, 5) is 9.07. The lowest BCUT2D eigenvalue weighted by Gasteiger charge is -2.25. The minimum atomic E-state index is 0.472. The molecule has 4 rings (SSSR count). The van der Waals surface area contributed by atoms with E-state index in [1.54, 1.807) is 14.2 Å². The number of rotatable bonds is 14. The van der Waals surface area contributed by atoms with Crippen LogP contribution in [0.4, 0.5) is 11.5 Å². The molecule has 0 amide bonds. The molecule has 0 fully saturated rings. The number of anilines is 2. The molecule has 0 spiro atoms. The molecule has 0 unspecified atom stereocenters. The van der Waals surface area contributed by atoms with E-state index in [4.69, 9.17) is 23.9 Å². The van der Waals surface area contributed by atoms with Gasteiger partial charge in [-0.25, -0.2) is 4.98 Å². The monoisotopic (exact) mass is 527 g/mol. The van der Waals surface area contributed by atoms with Gasteiger partial charge in [0.2, 0.25) is 0 Å². The molecule has 7 heteroatoms. The van der Waals surface area contributed by atoms with Gasteiger partial charge in [0, 0.05) is 45.1 Å². The van der Waals surface area contributed by atoms with E-state index in [1.807, 2.05) is 68.8 Å². The maximum absolute atomic E-state index is 5.85. The first-order chi connectivity index (χ1) is 19.0. The number of aromatic nitrogens is 1. The lowest BCUT2D eigenvalue weighted by molar-refractivity contribution is 0.0888. The SMILES string of the molecule is COc1cccc(CN(Cc2cccc(OC)c2)c2ccc(COCCOc3cccc(N(C)C)c3)cn2)c1. The third-order valence-electron chi connectivity index (χ3n) is 6.25. The summed E-state index contributed by atoms with van der Waals surface area (Å²) in [6, 6.07) is 28.4. The Morgan fingerprint density at radius 3 is 1.90 bits per heavy atom. The Morgan fingerprint density at radius 2 is 1.31 bits per heavy atom. The smallest absolute Gasteiger partial charge is 0.129 e. The highest BCUT2D eigenvalue weighted by atomic mass is 16.5. The summed E-state index contributed by atoms with van der Waals surface area (Å²) < 4.78 is 22.5. The highest BCUT2D eigenvalue weighted by Gasteiger charge is 2.12. The molecule has 204 valence electrons. The van der Waals surface area contributed by atoms with Crippen molar-refractivity contribution in [2.24, 2.45) is 0 Å². The van der Waals surface area contributed by atoms with Crippen LogP contribution in [-0.2, 0) is 24.4 Å². The maximum Gasteiger partial charge on any atom is 0.129 e. The van der Waals surface area contributed by atoms with E-state index in [0.29, 0.717) is 32.9 Å². The number of benzene rings is 3. The molecule has 1 heterocycles. The number of hydrogen-bond acceptors (Lipinski definition) is 7. The molecule has 3 aromatic carbocycles. The Labute approximate surface area is 231 Å². The number of nitrogens with zero attached hydrogens (tertiary/aromatic N) is 3. The Morgan fingerprint density at radius 1 is 0.667 bits per heavy atom. The second-order valence-corrected chi connectivity index (χ2v) is 9.38.